The number of nitrogens with zero attached hydrogens (tertiary/aromatic N) is 2. The molecular weight excluding hydrogens is 258 g/mol. The summed E-state index contributed by atoms with van der Waals surface area (Å²) in [6, 6.07) is 2.23. The summed E-state index contributed by atoms with van der Waals surface area (Å²) in [5.41, 5.74) is 0.204. The highest BCUT2D eigenvalue weighted by molar-refractivity contribution is 5.68. The summed E-state index contributed by atoms with van der Waals surface area (Å²) >= 11 is 0. The van der Waals surface area contributed by atoms with E-state index in [1.807, 2.05) is 37.7 Å². The first-order valence-electron chi connectivity index (χ1n) is 6.97. The molecule has 0 radical (unpaired) electrons. The first-order valence-corrected chi connectivity index (χ1v) is 6.97. The van der Waals surface area contributed by atoms with E-state index in [2.05, 4.69) is 10.4 Å². The van der Waals surface area contributed by atoms with E-state index in [0.29, 0.717) is 5.69 Å². The fraction of sp³-hybridized carbons (Fsp3) is 0.714. The zero-order valence-electron chi connectivity index (χ0n) is 12.5. The van der Waals surface area contributed by atoms with Gasteiger partial charge in [0.05, 0.1) is 17.8 Å². The van der Waals surface area contributed by atoms with Gasteiger partial charge in [-0.2, -0.15) is 5.10 Å². The van der Waals surface area contributed by atoms with E-state index in [1.54, 1.807) is 6.92 Å². The van der Waals surface area contributed by atoms with Crippen LogP contribution in [-0.2, 0) is 4.74 Å². The average molecular weight is 281 g/mol. The van der Waals surface area contributed by atoms with Crippen LogP contribution in [0.3, 0.4) is 0 Å². The second-order valence-corrected chi connectivity index (χ2v) is 6.36. The Labute approximate surface area is 119 Å². The summed E-state index contributed by atoms with van der Waals surface area (Å²) in [5.74, 6) is 0. The second-order valence-electron chi connectivity index (χ2n) is 6.36. The molecule has 0 aliphatic heterocycles. The van der Waals surface area contributed by atoms with Crippen molar-refractivity contribution in [2.45, 2.75) is 64.3 Å². The lowest BCUT2D eigenvalue weighted by atomic mass is 9.87. The number of alkyl carbamates (subject to hydrolysis) is 1. The molecule has 1 atom stereocenters. The predicted molar refractivity (Wildman–Crippen MR) is 74.3 cm³/mol. The maximum absolute atomic E-state index is 11.6. The van der Waals surface area contributed by atoms with Gasteiger partial charge in [0.1, 0.15) is 5.60 Å². The molecule has 6 nitrogen and oxygen atoms in total. The van der Waals surface area contributed by atoms with Crippen molar-refractivity contribution < 1.29 is 14.6 Å². The van der Waals surface area contributed by atoms with Crippen LogP contribution in [-0.4, -0.2) is 32.6 Å². The van der Waals surface area contributed by atoms with Crippen LogP contribution in [0.15, 0.2) is 12.3 Å². The van der Waals surface area contributed by atoms with Crippen LogP contribution in [0.1, 0.15) is 58.4 Å². The molecule has 1 aromatic rings. The van der Waals surface area contributed by atoms with Crippen LogP contribution in [0.4, 0.5) is 4.79 Å². The molecule has 1 fully saturated rings. The van der Waals surface area contributed by atoms with Crippen molar-refractivity contribution in [2.24, 2.45) is 0 Å². The summed E-state index contributed by atoms with van der Waals surface area (Å²) in [4.78, 5) is 11.6. The maximum Gasteiger partial charge on any atom is 0.407 e. The van der Waals surface area contributed by atoms with Crippen LogP contribution in [0.2, 0.25) is 0 Å². The molecule has 6 heteroatoms. The van der Waals surface area contributed by atoms with Gasteiger partial charge in [-0.05, 0) is 46.6 Å². The van der Waals surface area contributed by atoms with Crippen molar-refractivity contribution in [3.05, 3.63) is 18.0 Å². The number of aliphatic hydroxyl groups is 1. The fourth-order valence-electron chi connectivity index (χ4n) is 2.17. The van der Waals surface area contributed by atoms with Crippen LogP contribution in [0.25, 0.3) is 0 Å². The Morgan fingerprint density at radius 1 is 1.55 bits per heavy atom. The molecule has 2 rings (SSSR count). The number of carbonyl (C=O) groups excluding carboxylic acids is 1. The van der Waals surface area contributed by atoms with Gasteiger partial charge in [0, 0.05) is 12.2 Å². The standard InChI is InChI=1S/C14H23N3O3/c1-9(18)12-5-6-17(16-12)11-7-10(8-11)15-13(19)20-14(2,3)4/h5-6,9-11,18H,7-8H2,1-4H3,(H,15,19)/t9?,10-,11-. The zero-order valence-corrected chi connectivity index (χ0v) is 12.5. The van der Waals surface area contributed by atoms with Gasteiger partial charge in [0.25, 0.3) is 0 Å². The molecule has 0 saturated heterocycles. The van der Waals surface area contributed by atoms with Crippen molar-refractivity contribution in [1.29, 1.82) is 0 Å². The summed E-state index contributed by atoms with van der Waals surface area (Å²) in [6.07, 6.45) is 2.62. The number of nitrogens with one attached hydrogen (secondary N) is 1. The molecule has 1 saturated carbocycles. The quantitative estimate of drug-likeness (QED) is 0.890. The molecule has 0 bridgehead atoms. The Hall–Kier alpha value is -1.56. The van der Waals surface area contributed by atoms with E-state index in [9.17, 15) is 9.90 Å². The molecule has 112 valence electrons. The van der Waals surface area contributed by atoms with Gasteiger partial charge in [0.15, 0.2) is 0 Å². The van der Waals surface area contributed by atoms with Crippen LogP contribution < -0.4 is 5.32 Å². The first-order chi connectivity index (χ1) is 9.24. The highest BCUT2D eigenvalue weighted by atomic mass is 16.6. The van der Waals surface area contributed by atoms with Gasteiger partial charge in [-0.3, -0.25) is 4.68 Å². The van der Waals surface area contributed by atoms with Gasteiger partial charge in [-0.1, -0.05) is 0 Å². The first kappa shape index (κ1) is 14.8. The van der Waals surface area contributed by atoms with E-state index in [1.165, 1.54) is 0 Å². The van der Waals surface area contributed by atoms with E-state index in [4.69, 9.17) is 4.74 Å². The number of amides is 1. The van der Waals surface area contributed by atoms with Gasteiger partial charge in [0.2, 0.25) is 0 Å². The molecule has 0 spiro atoms. The van der Waals surface area contributed by atoms with E-state index in [0.717, 1.165) is 12.8 Å². The second kappa shape index (κ2) is 5.44. The molecule has 1 amide bonds. The maximum atomic E-state index is 11.6. The minimum absolute atomic E-state index is 0.133. The molecule has 1 aliphatic carbocycles. The number of rotatable bonds is 3. The number of hydrogen-bond acceptors (Lipinski definition) is 4. The van der Waals surface area contributed by atoms with Gasteiger partial charge >= 0.3 is 6.09 Å². The third-order valence-electron chi connectivity index (χ3n) is 3.27. The van der Waals surface area contributed by atoms with Gasteiger partial charge in [-0.15, -0.1) is 0 Å². The monoisotopic (exact) mass is 281 g/mol. The topological polar surface area (TPSA) is 76.4 Å². The van der Waals surface area contributed by atoms with E-state index in [-0.39, 0.29) is 18.2 Å². The number of aromatic nitrogens is 2. The Balaban J connectivity index is 1.78. The normalized spacial score (nSPS) is 23.9. The smallest absolute Gasteiger partial charge is 0.407 e. The summed E-state index contributed by atoms with van der Waals surface area (Å²) in [6.45, 7) is 7.23. The summed E-state index contributed by atoms with van der Waals surface area (Å²) in [5, 5.41) is 16.6. The largest absolute Gasteiger partial charge is 0.444 e. The Bertz CT molecular complexity index is 470. The zero-order chi connectivity index (χ0) is 14.9. The molecule has 1 aromatic heterocycles. The number of carbonyl (C=O) groups is 1. The molecule has 0 aromatic carbocycles. The Morgan fingerprint density at radius 3 is 2.70 bits per heavy atom. The highest BCUT2D eigenvalue weighted by Gasteiger charge is 2.33. The summed E-state index contributed by atoms with van der Waals surface area (Å²) in [7, 11) is 0. The minimum Gasteiger partial charge on any atom is -0.444 e. The molecule has 20 heavy (non-hydrogen) atoms. The lowest BCUT2D eigenvalue weighted by Crippen LogP contribution is -2.46. The lowest BCUT2D eigenvalue weighted by molar-refractivity contribution is 0.0452. The Morgan fingerprint density at radius 2 is 2.20 bits per heavy atom. The van der Waals surface area contributed by atoms with Crippen molar-refractivity contribution in [3.8, 4) is 0 Å². The van der Waals surface area contributed by atoms with Crippen LogP contribution in [0.5, 0.6) is 0 Å². The van der Waals surface area contributed by atoms with Crippen molar-refractivity contribution in [2.75, 3.05) is 0 Å². The highest BCUT2D eigenvalue weighted by Crippen LogP contribution is 2.32. The molecule has 1 unspecified atom stereocenters. The third-order valence-corrected chi connectivity index (χ3v) is 3.27. The molecule has 1 heterocycles. The number of ether oxygens (including phenoxy) is 1. The number of aliphatic hydroxyl groups excluding tert-OH is 1. The lowest BCUT2D eigenvalue weighted by Gasteiger charge is -2.36. The third kappa shape index (κ3) is 3.72. The fourth-order valence-corrected chi connectivity index (χ4v) is 2.17. The predicted octanol–water partition coefficient (Wildman–Crippen LogP) is 2.16. The summed E-state index contributed by atoms with van der Waals surface area (Å²) < 4.78 is 7.07. The minimum atomic E-state index is -0.549. The van der Waals surface area contributed by atoms with E-state index < -0.39 is 11.7 Å². The SMILES string of the molecule is CC(O)c1ccn([C@H]2C[C@H](NC(=O)OC(C)(C)C)C2)n1. The number of hydrogen-bond donors (Lipinski definition) is 2. The van der Waals surface area contributed by atoms with Crippen molar-refractivity contribution in [1.82, 2.24) is 15.1 Å². The molecule has 2 N–H and O–H groups in total. The van der Waals surface area contributed by atoms with Crippen molar-refractivity contribution >= 4 is 6.09 Å². The molecular formula is C14H23N3O3. The average Bonchev–Trinajstić information content (AvgIpc) is 2.68. The van der Waals surface area contributed by atoms with Crippen LogP contribution >= 0.6 is 0 Å². The van der Waals surface area contributed by atoms with Crippen molar-refractivity contribution in [3.63, 3.8) is 0 Å². The Kier molecular flexibility index (Phi) is 4.04. The van der Waals surface area contributed by atoms with Crippen LogP contribution in [0, 0.1) is 0 Å². The van der Waals surface area contributed by atoms with Gasteiger partial charge < -0.3 is 15.2 Å². The van der Waals surface area contributed by atoms with E-state index >= 15 is 0 Å². The molecule has 1 aliphatic rings. The van der Waals surface area contributed by atoms with Gasteiger partial charge in [-0.25, -0.2) is 4.79 Å².